The van der Waals surface area contributed by atoms with E-state index in [1.807, 2.05) is 0 Å². The number of nitrogens with zero attached hydrogens (tertiary/aromatic N) is 4. The van der Waals surface area contributed by atoms with Crippen molar-refractivity contribution in [3.05, 3.63) is 374 Å². The molecule has 4 nitrogen and oxygen atoms in total. The van der Waals surface area contributed by atoms with Crippen molar-refractivity contribution in [3.63, 3.8) is 0 Å². The molecule has 91 heavy (non-hydrogen) atoms. The summed E-state index contributed by atoms with van der Waals surface area (Å²) in [4.78, 5) is 10.0. The summed E-state index contributed by atoms with van der Waals surface area (Å²) in [5.74, 6) is 0. The summed E-state index contributed by atoms with van der Waals surface area (Å²) in [6.45, 7) is -0.111. The first kappa shape index (κ1) is 52.5. The van der Waals surface area contributed by atoms with Gasteiger partial charge in [0.2, 0.25) is 13.4 Å². The van der Waals surface area contributed by atoms with Crippen molar-refractivity contribution in [1.82, 2.24) is 0 Å². The molecule has 14 aromatic rings. The van der Waals surface area contributed by atoms with E-state index in [1.54, 1.807) is 0 Å². The van der Waals surface area contributed by atoms with Gasteiger partial charge in [-0.3, -0.25) is 0 Å². The number of benzene rings is 14. The van der Waals surface area contributed by atoms with E-state index in [1.165, 1.54) is 100 Å². The van der Waals surface area contributed by atoms with E-state index in [9.17, 15) is 0 Å². The molecule has 0 amide bonds. The molecule has 6 heteroatoms. The highest BCUT2D eigenvalue weighted by atomic mass is 15.2. The standard InChI is InChI=1S/C85H58B2N4/c1-9-29-59(30-10-1)86-75-45-25-27-47-79(75)90(65-41-21-7-22-42-65)83-77(86)55-53-73-81(83)69-57-67(88(61-33-13-3-14-34-61)62-35-15-4-16-36-62)49-51-71(69)85(73)72-52-50-68(89(63-37-17-5-18-38-63)64-39-19-6-20-40-64)58-70(72)82-74(85)54-56-78-84(82)91(66-43-23-8-24-44-66)80-48-28-26-46-76(80)87(78)60-31-11-2-12-32-60/h1-58H. The zero-order valence-electron chi connectivity index (χ0n) is 49.9. The summed E-state index contributed by atoms with van der Waals surface area (Å²) in [5.41, 5.74) is 30.2. The topological polar surface area (TPSA) is 13.0 Å². The maximum Gasteiger partial charge on any atom is 0.246 e. The van der Waals surface area contributed by atoms with Gasteiger partial charge in [0.25, 0.3) is 0 Å². The van der Waals surface area contributed by atoms with Gasteiger partial charge in [0, 0.05) is 79.4 Å². The Morgan fingerprint density at radius 2 is 0.538 bits per heavy atom. The van der Waals surface area contributed by atoms with Crippen LogP contribution in [0.15, 0.2) is 352 Å². The second kappa shape index (κ2) is 21.3. The van der Waals surface area contributed by atoms with E-state index in [0.29, 0.717) is 0 Å². The molecule has 0 saturated carbocycles. The van der Waals surface area contributed by atoms with Gasteiger partial charge < -0.3 is 19.6 Å². The molecule has 0 unspecified atom stereocenters. The number of anilines is 12. The average molecular weight is 1160 g/mol. The summed E-state index contributed by atoms with van der Waals surface area (Å²) in [5, 5.41) is 0. The molecule has 2 aliphatic heterocycles. The third kappa shape index (κ3) is 8.05. The van der Waals surface area contributed by atoms with Crippen molar-refractivity contribution in [3.8, 4) is 22.3 Å². The number of fused-ring (bicyclic) bond motifs is 16. The van der Waals surface area contributed by atoms with Crippen LogP contribution in [0.3, 0.4) is 0 Å². The average Bonchev–Trinajstić information content (AvgIpc) is 1.51. The van der Waals surface area contributed by atoms with Crippen LogP contribution in [-0.4, -0.2) is 13.4 Å². The Morgan fingerprint density at radius 3 is 0.890 bits per heavy atom. The quantitative estimate of drug-likeness (QED) is 0.127. The number of rotatable bonds is 10. The molecular weight excluding hydrogens is 1100 g/mol. The number of para-hydroxylation sites is 8. The second-order valence-electron chi connectivity index (χ2n) is 24.2. The fraction of sp³-hybridized carbons (Fsp3) is 0.0118. The Labute approximate surface area is 532 Å². The molecule has 0 radical (unpaired) electrons. The summed E-state index contributed by atoms with van der Waals surface area (Å²) in [6.07, 6.45) is 0. The molecular formula is C85H58B2N4. The minimum atomic E-state index is -0.825. The highest BCUT2D eigenvalue weighted by Gasteiger charge is 2.56. The largest absolute Gasteiger partial charge is 0.311 e. The van der Waals surface area contributed by atoms with E-state index < -0.39 is 5.41 Å². The predicted molar refractivity (Wildman–Crippen MR) is 384 cm³/mol. The Morgan fingerprint density at radius 1 is 0.242 bits per heavy atom. The molecule has 0 saturated heterocycles. The van der Waals surface area contributed by atoms with Gasteiger partial charge in [-0.2, -0.15) is 0 Å². The van der Waals surface area contributed by atoms with Crippen LogP contribution in [0.1, 0.15) is 22.3 Å². The molecule has 4 aliphatic rings. The smallest absolute Gasteiger partial charge is 0.246 e. The second-order valence-corrected chi connectivity index (χ2v) is 24.2. The molecule has 424 valence electrons. The lowest BCUT2D eigenvalue weighted by Gasteiger charge is -2.40. The molecule has 0 N–H and O–H groups in total. The Kier molecular flexibility index (Phi) is 12.3. The molecule has 0 fully saturated rings. The number of hydrogen-bond donors (Lipinski definition) is 0. The van der Waals surface area contributed by atoms with Crippen molar-refractivity contribution in [2.45, 2.75) is 5.41 Å². The molecule has 14 aromatic carbocycles. The van der Waals surface area contributed by atoms with Gasteiger partial charge >= 0.3 is 0 Å². The minimum Gasteiger partial charge on any atom is -0.311 e. The van der Waals surface area contributed by atoms with Crippen molar-refractivity contribution in [1.29, 1.82) is 0 Å². The first-order valence-electron chi connectivity index (χ1n) is 31.7. The Bertz CT molecular complexity index is 4670. The Balaban J connectivity index is 1.01. The summed E-state index contributed by atoms with van der Waals surface area (Å²) < 4.78 is 0. The van der Waals surface area contributed by atoms with Gasteiger partial charge in [0.1, 0.15) is 0 Å². The summed E-state index contributed by atoms with van der Waals surface area (Å²) >= 11 is 0. The van der Waals surface area contributed by atoms with E-state index in [4.69, 9.17) is 0 Å². The third-order valence-electron chi connectivity index (χ3n) is 19.5. The summed E-state index contributed by atoms with van der Waals surface area (Å²) in [7, 11) is 0. The summed E-state index contributed by atoms with van der Waals surface area (Å²) in [6, 6.07) is 131. The molecule has 2 heterocycles. The van der Waals surface area contributed by atoms with Crippen LogP contribution >= 0.6 is 0 Å². The fourth-order valence-corrected chi connectivity index (χ4v) is 16.0. The highest BCUT2D eigenvalue weighted by molar-refractivity contribution is 6.98. The number of hydrogen-bond acceptors (Lipinski definition) is 4. The van der Waals surface area contributed by atoms with Crippen LogP contribution in [0, 0.1) is 0 Å². The van der Waals surface area contributed by atoms with E-state index >= 15 is 0 Å². The van der Waals surface area contributed by atoms with Crippen molar-refractivity contribution < 1.29 is 0 Å². The van der Waals surface area contributed by atoms with Gasteiger partial charge in [-0.15, -0.1) is 0 Å². The van der Waals surface area contributed by atoms with Crippen LogP contribution in [0.25, 0.3) is 22.3 Å². The van der Waals surface area contributed by atoms with Crippen molar-refractivity contribution >= 4 is 114 Å². The highest BCUT2D eigenvalue weighted by Crippen LogP contribution is 2.67. The van der Waals surface area contributed by atoms with E-state index in [2.05, 4.69) is 371 Å². The lowest BCUT2D eigenvalue weighted by molar-refractivity contribution is 0.794. The van der Waals surface area contributed by atoms with Gasteiger partial charge in [0.15, 0.2) is 0 Å². The van der Waals surface area contributed by atoms with Crippen molar-refractivity contribution in [2.24, 2.45) is 0 Å². The first-order valence-corrected chi connectivity index (χ1v) is 31.7. The van der Waals surface area contributed by atoms with Crippen LogP contribution in [0.2, 0.25) is 0 Å². The van der Waals surface area contributed by atoms with Crippen LogP contribution in [-0.2, 0) is 5.41 Å². The molecule has 1 spiro atoms. The Hall–Kier alpha value is -11.6. The molecule has 18 rings (SSSR count). The minimum absolute atomic E-state index is 0.0555. The van der Waals surface area contributed by atoms with E-state index in [0.717, 1.165) is 45.5 Å². The lowest BCUT2D eigenvalue weighted by atomic mass is 9.35. The van der Waals surface area contributed by atoms with Gasteiger partial charge in [0.05, 0.1) is 5.41 Å². The monoisotopic (exact) mass is 1160 g/mol. The van der Waals surface area contributed by atoms with E-state index in [-0.39, 0.29) is 13.4 Å². The zero-order chi connectivity index (χ0) is 60.0. The van der Waals surface area contributed by atoms with Crippen LogP contribution in [0.4, 0.5) is 68.2 Å². The molecule has 0 aromatic heterocycles. The molecule has 0 atom stereocenters. The van der Waals surface area contributed by atoms with Gasteiger partial charge in [-0.05, 0) is 164 Å². The SMILES string of the molecule is c1ccc(B2c3ccccc3N(c3ccccc3)c3c2ccc2c3-c3cc(N(c4ccccc4)c4ccccc4)ccc3C23c2ccc(N(c4ccccc4)c4ccccc4)cc2-c2c3ccc3c2N(c2ccccc2)c2ccccc2B3c2ccccc2)cc1. The zero-order valence-corrected chi connectivity index (χ0v) is 49.9. The maximum absolute atomic E-state index is 2.59. The molecule has 2 aliphatic carbocycles. The first-order chi connectivity index (χ1) is 45.2. The maximum atomic E-state index is 2.59. The van der Waals surface area contributed by atoms with Gasteiger partial charge in [-0.1, -0.05) is 254 Å². The molecule has 0 bridgehead atoms. The predicted octanol–water partition coefficient (Wildman–Crippen LogP) is 17.6. The lowest BCUT2D eigenvalue weighted by Crippen LogP contribution is -2.57. The van der Waals surface area contributed by atoms with Crippen molar-refractivity contribution in [2.75, 3.05) is 19.6 Å². The van der Waals surface area contributed by atoms with Crippen LogP contribution in [0.5, 0.6) is 0 Å². The fourth-order valence-electron chi connectivity index (χ4n) is 16.0. The normalized spacial score (nSPS) is 13.3. The third-order valence-corrected chi connectivity index (χ3v) is 19.5. The van der Waals surface area contributed by atoms with Crippen LogP contribution < -0.4 is 52.4 Å². The van der Waals surface area contributed by atoms with Gasteiger partial charge in [-0.25, -0.2) is 0 Å².